The fourth-order valence-electron chi connectivity index (χ4n) is 3.03. The van der Waals surface area contributed by atoms with Crippen LogP contribution < -0.4 is 5.32 Å². The number of H-pyrrole nitrogens is 1. The van der Waals surface area contributed by atoms with Gasteiger partial charge in [-0.2, -0.15) is 0 Å². The molecular formula is C18H16FN5O2. The average molecular weight is 353 g/mol. The second-order valence-electron chi connectivity index (χ2n) is 6.25. The molecule has 3 heterocycles. The Morgan fingerprint density at radius 3 is 2.92 bits per heavy atom. The maximum absolute atomic E-state index is 14.6. The van der Waals surface area contributed by atoms with Gasteiger partial charge in [0.15, 0.2) is 0 Å². The van der Waals surface area contributed by atoms with E-state index in [-0.39, 0.29) is 23.3 Å². The van der Waals surface area contributed by atoms with Crippen LogP contribution in [-0.4, -0.2) is 51.3 Å². The van der Waals surface area contributed by atoms with Crippen LogP contribution >= 0.6 is 0 Å². The highest BCUT2D eigenvalue weighted by Crippen LogP contribution is 2.24. The van der Waals surface area contributed by atoms with Crippen molar-refractivity contribution in [2.24, 2.45) is 5.92 Å². The second-order valence-corrected chi connectivity index (χ2v) is 6.25. The number of likely N-dealkylation sites (tertiary alicyclic amines) is 1. The number of carbonyl (C=O) groups is 2. The molecule has 8 heteroatoms. The Balaban J connectivity index is 1.36. The van der Waals surface area contributed by atoms with E-state index in [2.05, 4.69) is 20.3 Å². The van der Waals surface area contributed by atoms with Gasteiger partial charge in [-0.15, -0.1) is 0 Å². The Labute approximate surface area is 148 Å². The minimum Gasteiger partial charge on any atom is -0.350 e. The molecule has 1 aromatic carbocycles. The van der Waals surface area contributed by atoms with E-state index < -0.39 is 5.82 Å². The Hall–Kier alpha value is -3.29. The third-order valence-corrected chi connectivity index (χ3v) is 4.49. The van der Waals surface area contributed by atoms with Gasteiger partial charge in [0.25, 0.3) is 11.8 Å². The highest BCUT2D eigenvalue weighted by Gasteiger charge is 2.32. The van der Waals surface area contributed by atoms with Gasteiger partial charge in [0.2, 0.25) is 0 Å². The number of aromatic nitrogens is 3. The number of nitrogens with zero attached hydrogens (tertiary/aromatic N) is 3. The van der Waals surface area contributed by atoms with Crippen molar-refractivity contribution in [1.29, 1.82) is 0 Å². The van der Waals surface area contributed by atoms with E-state index in [9.17, 15) is 14.0 Å². The number of hydrogen-bond donors (Lipinski definition) is 2. The largest absolute Gasteiger partial charge is 0.350 e. The summed E-state index contributed by atoms with van der Waals surface area (Å²) in [5.74, 6) is -0.975. The fraction of sp³-hybridized carbons (Fsp3) is 0.222. The van der Waals surface area contributed by atoms with Crippen LogP contribution in [0.1, 0.15) is 20.8 Å². The Morgan fingerprint density at radius 1 is 1.31 bits per heavy atom. The molecule has 2 N–H and O–H groups in total. The second kappa shape index (κ2) is 6.55. The zero-order valence-corrected chi connectivity index (χ0v) is 13.8. The van der Waals surface area contributed by atoms with Gasteiger partial charge in [-0.05, 0) is 24.3 Å². The number of imidazole rings is 1. The first kappa shape index (κ1) is 16.2. The summed E-state index contributed by atoms with van der Waals surface area (Å²) in [5.41, 5.74) is 0.958. The minimum atomic E-state index is -0.545. The smallest absolute Gasteiger partial charge is 0.269 e. The van der Waals surface area contributed by atoms with Crippen LogP contribution in [0.25, 0.3) is 10.9 Å². The third kappa shape index (κ3) is 2.90. The average Bonchev–Trinajstić information content (AvgIpc) is 3.15. The van der Waals surface area contributed by atoms with E-state index >= 15 is 0 Å². The molecule has 26 heavy (non-hydrogen) atoms. The SMILES string of the molecule is O=C(NCC1CN(C(=O)c2ccc3ncccc3c2F)C1)c1cnc[nH]1. The van der Waals surface area contributed by atoms with Crippen LogP contribution in [0.4, 0.5) is 4.39 Å². The van der Waals surface area contributed by atoms with E-state index in [0.29, 0.717) is 36.2 Å². The molecule has 0 bridgehead atoms. The molecule has 1 aliphatic rings. The summed E-state index contributed by atoms with van der Waals surface area (Å²) in [4.78, 5) is 36.6. The van der Waals surface area contributed by atoms with E-state index in [1.54, 1.807) is 29.3 Å². The van der Waals surface area contributed by atoms with E-state index in [1.807, 2.05) is 0 Å². The van der Waals surface area contributed by atoms with Crippen molar-refractivity contribution < 1.29 is 14.0 Å². The van der Waals surface area contributed by atoms with Crippen LogP contribution in [0.15, 0.2) is 43.0 Å². The lowest BCUT2D eigenvalue weighted by Crippen LogP contribution is -2.54. The summed E-state index contributed by atoms with van der Waals surface area (Å²) >= 11 is 0. The first-order valence-electron chi connectivity index (χ1n) is 8.22. The van der Waals surface area contributed by atoms with E-state index in [0.717, 1.165) is 0 Å². The standard InChI is InChI=1S/C18H16FN5O2/c19-16-12-2-1-5-21-14(12)4-3-13(16)18(26)24-8-11(9-24)6-22-17(25)15-7-20-10-23-15/h1-5,7,10-11H,6,8-9H2,(H,20,23)(H,22,25). The quantitative estimate of drug-likeness (QED) is 0.745. The lowest BCUT2D eigenvalue weighted by molar-refractivity contribution is 0.0493. The molecule has 0 atom stereocenters. The van der Waals surface area contributed by atoms with Gasteiger partial charge in [-0.25, -0.2) is 9.37 Å². The lowest BCUT2D eigenvalue weighted by Gasteiger charge is -2.39. The molecule has 0 radical (unpaired) electrons. The lowest BCUT2D eigenvalue weighted by atomic mass is 9.98. The zero-order chi connectivity index (χ0) is 18.1. The number of fused-ring (bicyclic) bond motifs is 1. The maximum atomic E-state index is 14.6. The normalized spacial score (nSPS) is 14.3. The molecule has 1 fully saturated rings. The van der Waals surface area contributed by atoms with Crippen LogP contribution in [0, 0.1) is 11.7 Å². The summed E-state index contributed by atoms with van der Waals surface area (Å²) in [5, 5.41) is 3.13. The molecule has 2 aromatic heterocycles. The number of amides is 2. The number of rotatable bonds is 4. The molecule has 3 aromatic rings. The van der Waals surface area contributed by atoms with Crippen LogP contribution in [-0.2, 0) is 0 Å². The van der Waals surface area contributed by atoms with Crippen molar-refractivity contribution in [3.8, 4) is 0 Å². The highest BCUT2D eigenvalue weighted by atomic mass is 19.1. The minimum absolute atomic E-state index is 0.0467. The number of benzene rings is 1. The molecule has 0 unspecified atom stereocenters. The third-order valence-electron chi connectivity index (χ3n) is 4.49. The summed E-state index contributed by atoms with van der Waals surface area (Å²) in [6, 6.07) is 6.37. The molecule has 1 aliphatic heterocycles. The number of aromatic amines is 1. The van der Waals surface area contributed by atoms with Crippen LogP contribution in [0.5, 0.6) is 0 Å². The molecular weight excluding hydrogens is 337 g/mol. The maximum Gasteiger partial charge on any atom is 0.269 e. The van der Waals surface area contributed by atoms with Crippen molar-refractivity contribution in [2.45, 2.75) is 0 Å². The van der Waals surface area contributed by atoms with E-state index in [4.69, 9.17) is 0 Å². The number of halogens is 1. The summed E-state index contributed by atoms with van der Waals surface area (Å²) in [6.45, 7) is 1.41. The van der Waals surface area contributed by atoms with Crippen molar-refractivity contribution >= 4 is 22.7 Å². The van der Waals surface area contributed by atoms with Gasteiger partial charge in [-0.1, -0.05) is 0 Å². The van der Waals surface area contributed by atoms with Gasteiger partial charge >= 0.3 is 0 Å². The first-order valence-corrected chi connectivity index (χ1v) is 8.22. The topological polar surface area (TPSA) is 91.0 Å². The summed E-state index contributed by atoms with van der Waals surface area (Å²) in [7, 11) is 0. The molecule has 0 aliphatic carbocycles. The monoisotopic (exact) mass is 353 g/mol. The Kier molecular flexibility index (Phi) is 4.08. The Bertz CT molecular complexity index is 967. The predicted molar refractivity (Wildman–Crippen MR) is 92.0 cm³/mol. The van der Waals surface area contributed by atoms with Crippen molar-refractivity contribution in [3.63, 3.8) is 0 Å². The van der Waals surface area contributed by atoms with E-state index in [1.165, 1.54) is 18.6 Å². The molecule has 4 rings (SSSR count). The van der Waals surface area contributed by atoms with Crippen LogP contribution in [0.2, 0.25) is 0 Å². The molecule has 7 nitrogen and oxygen atoms in total. The Morgan fingerprint density at radius 2 is 2.15 bits per heavy atom. The molecule has 132 valence electrons. The van der Waals surface area contributed by atoms with Crippen LogP contribution in [0.3, 0.4) is 0 Å². The predicted octanol–water partition coefficient (Wildman–Crippen LogP) is 1.60. The van der Waals surface area contributed by atoms with Crippen molar-refractivity contribution in [3.05, 3.63) is 60.1 Å². The van der Waals surface area contributed by atoms with Gasteiger partial charge in [0, 0.05) is 37.1 Å². The highest BCUT2D eigenvalue weighted by molar-refractivity contribution is 5.99. The number of carbonyl (C=O) groups excluding carboxylic acids is 2. The van der Waals surface area contributed by atoms with Gasteiger partial charge in [0.05, 0.1) is 23.6 Å². The number of nitrogens with one attached hydrogen (secondary N) is 2. The van der Waals surface area contributed by atoms with Crippen molar-refractivity contribution in [2.75, 3.05) is 19.6 Å². The number of hydrogen-bond acceptors (Lipinski definition) is 4. The fourth-order valence-corrected chi connectivity index (χ4v) is 3.03. The zero-order valence-electron chi connectivity index (χ0n) is 13.8. The molecule has 0 saturated carbocycles. The van der Waals surface area contributed by atoms with Gasteiger partial charge in [-0.3, -0.25) is 14.6 Å². The molecule has 0 spiro atoms. The summed E-state index contributed by atoms with van der Waals surface area (Å²) < 4.78 is 14.6. The van der Waals surface area contributed by atoms with Crippen molar-refractivity contribution in [1.82, 2.24) is 25.2 Å². The van der Waals surface area contributed by atoms with Gasteiger partial charge < -0.3 is 15.2 Å². The molecule has 1 saturated heterocycles. The molecule has 2 amide bonds. The first-order chi connectivity index (χ1) is 12.6. The summed E-state index contributed by atoms with van der Waals surface area (Å²) in [6.07, 6.45) is 4.47. The number of pyridine rings is 1. The van der Waals surface area contributed by atoms with Gasteiger partial charge in [0.1, 0.15) is 11.5 Å².